The van der Waals surface area contributed by atoms with Gasteiger partial charge in [-0.05, 0) is 13.8 Å². The van der Waals surface area contributed by atoms with E-state index in [-0.39, 0.29) is 22.4 Å². The second-order valence-corrected chi connectivity index (χ2v) is 4.29. The van der Waals surface area contributed by atoms with Crippen LogP contribution in [0.3, 0.4) is 0 Å². The highest BCUT2D eigenvalue weighted by Crippen LogP contribution is 2.26. The summed E-state index contributed by atoms with van der Waals surface area (Å²) in [4.78, 5) is 20.4. The first-order valence-corrected chi connectivity index (χ1v) is 5.69. The molecule has 18 heavy (non-hydrogen) atoms. The Balaban J connectivity index is 3.26. The van der Waals surface area contributed by atoms with Crippen LogP contribution >= 0.6 is 11.6 Å². The number of nitrogens with one attached hydrogen (secondary N) is 1. The van der Waals surface area contributed by atoms with Crippen molar-refractivity contribution in [2.75, 3.05) is 19.5 Å². The number of rotatable bonds is 4. The van der Waals surface area contributed by atoms with Crippen molar-refractivity contribution in [3.63, 3.8) is 0 Å². The highest BCUT2D eigenvalue weighted by Gasteiger charge is 2.22. The molecule has 0 aliphatic rings. The van der Waals surface area contributed by atoms with Crippen molar-refractivity contribution < 1.29 is 14.0 Å². The molecule has 1 aromatic rings. The van der Waals surface area contributed by atoms with Gasteiger partial charge in [0.1, 0.15) is 0 Å². The average Bonchev–Trinajstić information content (AvgIpc) is 2.33. The van der Waals surface area contributed by atoms with Crippen LogP contribution in [0.4, 0.5) is 10.1 Å². The monoisotopic (exact) mass is 275 g/mol. The van der Waals surface area contributed by atoms with Crippen LogP contribution in [-0.4, -0.2) is 36.2 Å². The number of hydrogen-bond acceptors (Lipinski definition) is 4. The van der Waals surface area contributed by atoms with Gasteiger partial charge in [0, 0.05) is 19.3 Å². The van der Waals surface area contributed by atoms with Gasteiger partial charge in [0.2, 0.25) is 0 Å². The Kier molecular flexibility index (Phi) is 4.86. The highest BCUT2D eigenvalue weighted by molar-refractivity contribution is 6.30. The first kappa shape index (κ1) is 14.7. The third-order valence-electron chi connectivity index (χ3n) is 2.20. The molecule has 0 saturated heterocycles. The smallest absolute Gasteiger partial charge is 0.280 e. The number of hydrogen-bond donors (Lipinski definition) is 1. The fourth-order valence-electron chi connectivity index (χ4n) is 1.31. The molecular weight excluding hydrogens is 261 g/mol. The van der Waals surface area contributed by atoms with Crippen LogP contribution in [0.2, 0.25) is 5.15 Å². The first-order chi connectivity index (χ1) is 8.38. The predicted molar refractivity (Wildman–Crippen MR) is 67.1 cm³/mol. The third-order valence-corrected chi connectivity index (χ3v) is 2.46. The van der Waals surface area contributed by atoms with Gasteiger partial charge >= 0.3 is 0 Å². The maximum absolute atomic E-state index is 13.9. The zero-order chi connectivity index (χ0) is 13.9. The number of pyridine rings is 1. The van der Waals surface area contributed by atoms with E-state index in [1.807, 2.05) is 13.8 Å². The summed E-state index contributed by atoms with van der Waals surface area (Å²) >= 11 is 5.61. The Morgan fingerprint density at radius 2 is 2.22 bits per heavy atom. The van der Waals surface area contributed by atoms with E-state index in [1.54, 1.807) is 0 Å². The van der Waals surface area contributed by atoms with Crippen molar-refractivity contribution in [2.45, 2.75) is 19.9 Å². The minimum Gasteiger partial charge on any atom is -0.380 e. The van der Waals surface area contributed by atoms with E-state index in [1.165, 1.54) is 20.4 Å². The number of anilines is 1. The standard InChI is InChI=1S/C11H15ClFN3O2/c1-6(2)15-9-7(11(17)16(3)18-4)5-14-10(12)8(9)13/h5-6H,1-4H3,(H,14,15). The van der Waals surface area contributed by atoms with Crippen molar-refractivity contribution >= 4 is 23.2 Å². The molecule has 0 bridgehead atoms. The maximum Gasteiger partial charge on any atom is 0.280 e. The minimum absolute atomic E-state index is 0.0268. The molecule has 0 aliphatic carbocycles. The summed E-state index contributed by atoms with van der Waals surface area (Å²) in [5.74, 6) is -1.26. The van der Waals surface area contributed by atoms with Crippen molar-refractivity contribution in [1.29, 1.82) is 0 Å². The van der Waals surface area contributed by atoms with Gasteiger partial charge in [0.25, 0.3) is 5.91 Å². The number of carbonyl (C=O) groups is 1. The van der Waals surface area contributed by atoms with Gasteiger partial charge in [-0.3, -0.25) is 9.63 Å². The fraction of sp³-hybridized carbons (Fsp3) is 0.455. The molecule has 0 aromatic carbocycles. The molecule has 100 valence electrons. The van der Waals surface area contributed by atoms with E-state index in [0.29, 0.717) is 0 Å². The molecule has 0 unspecified atom stereocenters. The lowest BCUT2D eigenvalue weighted by atomic mass is 10.2. The average molecular weight is 276 g/mol. The molecule has 1 rings (SSSR count). The fourth-order valence-corrected chi connectivity index (χ4v) is 1.45. The van der Waals surface area contributed by atoms with E-state index in [4.69, 9.17) is 16.4 Å². The van der Waals surface area contributed by atoms with Crippen molar-refractivity contribution in [3.8, 4) is 0 Å². The summed E-state index contributed by atoms with van der Waals surface area (Å²) in [6.45, 7) is 3.64. The SMILES string of the molecule is CON(C)C(=O)c1cnc(Cl)c(F)c1NC(C)C. The van der Waals surface area contributed by atoms with E-state index in [2.05, 4.69) is 10.3 Å². The summed E-state index contributed by atoms with van der Waals surface area (Å²) in [6.07, 6.45) is 1.22. The minimum atomic E-state index is -0.749. The first-order valence-electron chi connectivity index (χ1n) is 5.31. The summed E-state index contributed by atoms with van der Waals surface area (Å²) in [5, 5.41) is 3.54. The molecule has 1 amide bonds. The van der Waals surface area contributed by atoms with Gasteiger partial charge in [-0.15, -0.1) is 0 Å². The highest BCUT2D eigenvalue weighted by atomic mass is 35.5. The third kappa shape index (κ3) is 3.08. The summed E-state index contributed by atoms with van der Waals surface area (Å²) in [7, 11) is 2.77. The van der Waals surface area contributed by atoms with E-state index in [0.717, 1.165) is 5.06 Å². The second kappa shape index (κ2) is 5.97. The molecular formula is C11H15ClFN3O2. The number of amides is 1. The Labute approximate surface area is 110 Å². The molecule has 0 atom stereocenters. The second-order valence-electron chi connectivity index (χ2n) is 3.94. The lowest BCUT2D eigenvalue weighted by Crippen LogP contribution is -2.27. The number of halogens is 2. The van der Waals surface area contributed by atoms with E-state index in [9.17, 15) is 9.18 Å². The van der Waals surface area contributed by atoms with Gasteiger partial charge in [0.05, 0.1) is 18.4 Å². The molecule has 5 nitrogen and oxygen atoms in total. The van der Waals surface area contributed by atoms with E-state index < -0.39 is 11.7 Å². The molecule has 7 heteroatoms. The quantitative estimate of drug-likeness (QED) is 0.677. The normalized spacial score (nSPS) is 10.6. The summed E-state index contributed by atoms with van der Waals surface area (Å²) in [6, 6.07) is -0.0580. The van der Waals surface area contributed by atoms with Crippen LogP contribution in [-0.2, 0) is 4.84 Å². The Morgan fingerprint density at radius 1 is 1.61 bits per heavy atom. The molecule has 0 saturated carbocycles. The predicted octanol–water partition coefficient (Wildman–Crippen LogP) is 2.33. The van der Waals surface area contributed by atoms with Gasteiger partial charge in [0.15, 0.2) is 11.0 Å². The van der Waals surface area contributed by atoms with Gasteiger partial charge < -0.3 is 5.32 Å². The Bertz CT molecular complexity index is 454. The topological polar surface area (TPSA) is 54.5 Å². The molecule has 0 spiro atoms. The lowest BCUT2D eigenvalue weighted by Gasteiger charge is -2.18. The van der Waals surface area contributed by atoms with Crippen molar-refractivity contribution in [1.82, 2.24) is 10.0 Å². The zero-order valence-electron chi connectivity index (χ0n) is 10.6. The molecule has 1 aromatic heterocycles. The molecule has 0 radical (unpaired) electrons. The Morgan fingerprint density at radius 3 is 2.72 bits per heavy atom. The van der Waals surface area contributed by atoms with Gasteiger partial charge in [-0.25, -0.2) is 14.4 Å². The number of nitrogens with zero attached hydrogens (tertiary/aromatic N) is 2. The van der Waals surface area contributed by atoms with Gasteiger partial charge in [-0.1, -0.05) is 11.6 Å². The number of aromatic nitrogens is 1. The molecule has 0 aliphatic heterocycles. The Hall–Kier alpha value is -1.40. The van der Waals surface area contributed by atoms with Crippen LogP contribution in [0.5, 0.6) is 0 Å². The molecule has 1 heterocycles. The maximum atomic E-state index is 13.9. The van der Waals surface area contributed by atoms with Crippen LogP contribution in [0, 0.1) is 5.82 Å². The molecule has 0 fully saturated rings. The van der Waals surface area contributed by atoms with Crippen LogP contribution in [0.1, 0.15) is 24.2 Å². The lowest BCUT2D eigenvalue weighted by molar-refractivity contribution is -0.0756. The van der Waals surface area contributed by atoms with Gasteiger partial charge in [-0.2, -0.15) is 0 Å². The largest absolute Gasteiger partial charge is 0.380 e. The van der Waals surface area contributed by atoms with E-state index >= 15 is 0 Å². The van der Waals surface area contributed by atoms with Crippen LogP contribution in [0.25, 0.3) is 0 Å². The van der Waals surface area contributed by atoms with Crippen molar-refractivity contribution in [3.05, 3.63) is 22.7 Å². The summed E-state index contributed by atoms with van der Waals surface area (Å²) < 4.78 is 13.9. The molecule has 1 N–H and O–H groups in total. The number of hydroxylamine groups is 2. The van der Waals surface area contributed by atoms with Crippen LogP contribution in [0.15, 0.2) is 6.20 Å². The zero-order valence-corrected chi connectivity index (χ0v) is 11.4. The van der Waals surface area contributed by atoms with Crippen LogP contribution < -0.4 is 5.32 Å². The summed E-state index contributed by atoms with van der Waals surface area (Å²) in [5.41, 5.74) is 0.0915. The van der Waals surface area contributed by atoms with Crippen molar-refractivity contribution in [2.24, 2.45) is 0 Å². The number of carbonyl (C=O) groups excluding carboxylic acids is 1.